The molecule has 5 unspecified atom stereocenters. The standard InChI is InChI=1S/C16H26O/c1-10-11(2)13(4)16(14(5)17)9-7-6-8-15(16)12(10)3/h8,10-13H,6-7,9H2,1-5H3. The van der Waals surface area contributed by atoms with Crippen LogP contribution in [0.5, 0.6) is 0 Å². The first-order valence-corrected chi connectivity index (χ1v) is 7.14. The van der Waals surface area contributed by atoms with Gasteiger partial charge in [-0.3, -0.25) is 4.79 Å². The second-order valence-electron chi connectivity index (χ2n) is 6.37. The van der Waals surface area contributed by atoms with Gasteiger partial charge in [0.2, 0.25) is 0 Å². The number of fused-ring (bicyclic) bond motifs is 1. The van der Waals surface area contributed by atoms with Crippen molar-refractivity contribution in [3.63, 3.8) is 0 Å². The highest BCUT2D eigenvalue weighted by atomic mass is 16.1. The lowest BCUT2D eigenvalue weighted by molar-refractivity contribution is -0.132. The van der Waals surface area contributed by atoms with Crippen LogP contribution in [0.3, 0.4) is 0 Å². The van der Waals surface area contributed by atoms with Crippen LogP contribution in [0.2, 0.25) is 0 Å². The summed E-state index contributed by atoms with van der Waals surface area (Å²) < 4.78 is 0. The van der Waals surface area contributed by atoms with Crippen molar-refractivity contribution in [1.82, 2.24) is 0 Å². The molecule has 1 saturated carbocycles. The van der Waals surface area contributed by atoms with Crippen molar-refractivity contribution in [2.45, 2.75) is 53.9 Å². The first-order valence-electron chi connectivity index (χ1n) is 7.14. The minimum absolute atomic E-state index is 0.121. The minimum atomic E-state index is -0.121. The van der Waals surface area contributed by atoms with Crippen LogP contribution in [0.25, 0.3) is 0 Å². The molecular weight excluding hydrogens is 208 g/mol. The van der Waals surface area contributed by atoms with Crippen molar-refractivity contribution in [3.05, 3.63) is 11.6 Å². The van der Waals surface area contributed by atoms with Gasteiger partial charge in [-0.1, -0.05) is 39.3 Å². The van der Waals surface area contributed by atoms with E-state index in [1.165, 1.54) is 18.4 Å². The summed E-state index contributed by atoms with van der Waals surface area (Å²) in [7, 11) is 0. The molecule has 0 amide bonds. The van der Waals surface area contributed by atoms with Gasteiger partial charge in [0.1, 0.15) is 5.78 Å². The van der Waals surface area contributed by atoms with Gasteiger partial charge in [-0.2, -0.15) is 0 Å². The molecule has 0 bridgehead atoms. The summed E-state index contributed by atoms with van der Waals surface area (Å²) in [5.74, 6) is 2.82. The van der Waals surface area contributed by atoms with Crippen LogP contribution in [-0.4, -0.2) is 5.78 Å². The molecule has 5 atom stereocenters. The predicted octanol–water partition coefficient (Wildman–Crippen LogP) is 4.23. The summed E-state index contributed by atoms with van der Waals surface area (Å²) >= 11 is 0. The smallest absolute Gasteiger partial charge is 0.140 e. The third-order valence-corrected chi connectivity index (χ3v) is 5.96. The van der Waals surface area contributed by atoms with Crippen molar-refractivity contribution in [2.75, 3.05) is 0 Å². The molecule has 2 aliphatic rings. The Labute approximate surface area is 106 Å². The Bertz CT molecular complexity index is 355. The van der Waals surface area contributed by atoms with Crippen LogP contribution in [0.1, 0.15) is 53.9 Å². The van der Waals surface area contributed by atoms with Crippen LogP contribution in [0.4, 0.5) is 0 Å². The van der Waals surface area contributed by atoms with E-state index in [0.29, 0.717) is 29.5 Å². The molecule has 0 aliphatic heterocycles. The maximum absolute atomic E-state index is 12.3. The molecule has 1 fully saturated rings. The SMILES string of the molecule is CC(=O)C12CCCC=C1C(C)C(C)C(C)C2C. The molecular formula is C16H26O. The van der Waals surface area contributed by atoms with Crippen LogP contribution < -0.4 is 0 Å². The van der Waals surface area contributed by atoms with Gasteiger partial charge in [-0.15, -0.1) is 0 Å². The lowest BCUT2D eigenvalue weighted by atomic mass is 9.49. The molecule has 1 nitrogen and oxygen atoms in total. The monoisotopic (exact) mass is 234 g/mol. The van der Waals surface area contributed by atoms with Crippen molar-refractivity contribution >= 4 is 5.78 Å². The zero-order valence-electron chi connectivity index (χ0n) is 11.9. The van der Waals surface area contributed by atoms with E-state index in [1.54, 1.807) is 0 Å². The summed E-state index contributed by atoms with van der Waals surface area (Å²) in [5.41, 5.74) is 1.35. The van der Waals surface area contributed by atoms with Crippen molar-refractivity contribution in [2.24, 2.45) is 29.1 Å². The molecule has 0 radical (unpaired) electrons. The third kappa shape index (κ3) is 1.62. The molecule has 0 aromatic carbocycles. The fourth-order valence-electron chi connectivity index (χ4n) is 4.39. The van der Waals surface area contributed by atoms with Gasteiger partial charge in [0.05, 0.1) is 5.41 Å². The van der Waals surface area contributed by atoms with E-state index < -0.39 is 0 Å². The first kappa shape index (κ1) is 12.9. The number of carbonyl (C=O) groups is 1. The Morgan fingerprint density at radius 2 is 1.88 bits per heavy atom. The second kappa shape index (κ2) is 4.26. The molecule has 96 valence electrons. The summed E-state index contributed by atoms with van der Waals surface area (Å²) in [4.78, 5) is 12.3. The summed E-state index contributed by atoms with van der Waals surface area (Å²) in [6.07, 6.45) is 5.81. The largest absolute Gasteiger partial charge is 0.299 e. The Hall–Kier alpha value is -0.590. The molecule has 0 aromatic heterocycles. The summed E-state index contributed by atoms with van der Waals surface area (Å²) in [6.45, 7) is 11.1. The van der Waals surface area contributed by atoms with Gasteiger partial charge in [-0.05, 0) is 49.9 Å². The van der Waals surface area contributed by atoms with Crippen LogP contribution in [-0.2, 0) is 4.79 Å². The fourth-order valence-corrected chi connectivity index (χ4v) is 4.39. The van der Waals surface area contributed by atoms with Gasteiger partial charge in [0, 0.05) is 0 Å². The highest BCUT2D eigenvalue weighted by Gasteiger charge is 2.53. The average Bonchev–Trinajstić information content (AvgIpc) is 2.33. The average molecular weight is 234 g/mol. The number of hydrogen-bond acceptors (Lipinski definition) is 1. The molecule has 0 N–H and O–H groups in total. The Kier molecular flexibility index (Phi) is 3.22. The Balaban J connectivity index is 2.53. The van der Waals surface area contributed by atoms with E-state index in [2.05, 4.69) is 33.8 Å². The Morgan fingerprint density at radius 1 is 1.24 bits per heavy atom. The van der Waals surface area contributed by atoms with E-state index in [4.69, 9.17) is 0 Å². The number of Topliss-reactive ketones (excluding diaryl/α,β-unsaturated/α-hetero) is 1. The molecule has 0 aromatic rings. The van der Waals surface area contributed by atoms with E-state index >= 15 is 0 Å². The topological polar surface area (TPSA) is 17.1 Å². The first-order chi connectivity index (χ1) is 7.93. The van der Waals surface area contributed by atoms with Gasteiger partial charge in [-0.25, -0.2) is 0 Å². The zero-order valence-corrected chi connectivity index (χ0v) is 11.9. The molecule has 1 heteroatoms. The van der Waals surface area contributed by atoms with Crippen LogP contribution in [0.15, 0.2) is 11.6 Å². The molecule has 0 spiro atoms. The fraction of sp³-hybridized carbons (Fsp3) is 0.812. The van der Waals surface area contributed by atoms with Gasteiger partial charge in [0.25, 0.3) is 0 Å². The normalized spacial score (nSPS) is 46.1. The third-order valence-electron chi connectivity index (χ3n) is 5.96. The van der Waals surface area contributed by atoms with Gasteiger partial charge < -0.3 is 0 Å². The quantitative estimate of drug-likeness (QED) is 0.620. The van der Waals surface area contributed by atoms with E-state index in [-0.39, 0.29) is 5.41 Å². The molecule has 0 saturated heterocycles. The highest BCUT2D eigenvalue weighted by molar-refractivity contribution is 5.86. The maximum atomic E-state index is 12.3. The second-order valence-corrected chi connectivity index (χ2v) is 6.37. The zero-order chi connectivity index (χ0) is 12.8. The van der Waals surface area contributed by atoms with Gasteiger partial charge in [0.15, 0.2) is 0 Å². The van der Waals surface area contributed by atoms with Crippen molar-refractivity contribution in [3.8, 4) is 0 Å². The molecule has 17 heavy (non-hydrogen) atoms. The Morgan fingerprint density at radius 3 is 2.47 bits per heavy atom. The van der Waals surface area contributed by atoms with E-state index in [9.17, 15) is 4.79 Å². The lowest BCUT2D eigenvalue weighted by Crippen LogP contribution is -2.50. The van der Waals surface area contributed by atoms with Crippen LogP contribution in [0, 0.1) is 29.1 Å². The van der Waals surface area contributed by atoms with Gasteiger partial charge >= 0.3 is 0 Å². The van der Waals surface area contributed by atoms with Crippen LogP contribution >= 0.6 is 0 Å². The summed E-state index contributed by atoms with van der Waals surface area (Å²) in [6, 6.07) is 0. The van der Waals surface area contributed by atoms with E-state index in [0.717, 1.165) is 6.42 Å². The van der Waals surface area contributed by atoms with E-state index in [1.807, 2.05) is 6.92 Å². The predicted molar refractivity (Wildman–Crippen MR) is 71.7 cm³/mol. The number of rotatable bonds is 1. The van der Waals surface area contributed by atoms with Crippen molar-refractivity contribution in [1.29, 1.82) is 0 Å². The minimum Gasteiger partial charge on any atom is -0.299 e. The number of allylic oxidation sites excluding steroid dienone is 2. The lowest BCUT2D eigenvalue weighted by Gasteiger charge is -2.53. The summed E-state index contributed by atoms with van der Waals surface area (Å²) in [5, 5.41) is 0. The number of carbonyl (C=O) groups excluding carboxylic acids is 1. The number of ketones is 1. The molecule has 2 aliphatic carbocycles. The number of hydrogen-bond donors (Lipinski definition) is 0. The molecule has 0 heterocycles. The highest BCUT2D eigenvalue weighted by Crippen LogP contribution is 2.57. The van der Waals surface area contributed by atoms with Crippen molar-refractivity contribution < 1.29 is 4.79 Å². The molecule has 2 rings (SSSR count). The maximum Gasteiger partial charge on any atom is 0.140 e.